The first-order valence-corrected chi connectivity index (χ1v) is 5.67. The highest BCUT2D eigenvalue weighted by molar-refractivity contribution is 6.00. The van der Waals surface area contributed by atoms with Crippen LogP contribution in [0.4, 0.5) is 0 Å². The molecule has 0 spiro atoms. The van der Waals surface area contributed by atoms with E-state index in [-0.39, 0.29) is 23.8 Å². The predicted octanol–water partition coefficient (Wildman–Crippen LogP) is -0.323. The van der Waals surface area contributed by atoms with Gasteiger partial charge in [0, 0.05) is 19.9 Å². The van der Waals surface area contributed by atoms with Gasteiger partial charge in [0.15, 0.2) is 0 Å². The molecule has 0 aromatic carbocycles. The van der Waals surface area contributed by atoms with Crippen molar-refractivity contribution in [3.05, 3.63) is 0 Å². The summed E-state index contributed by atoms with van der Waals surface area (Å²) in [6.07, 6.45) is 1.87. The van der Waals surface area contributed by atoms with Crippen LogP contribution in [0.2, 0.25) is 0 Å². The first-order valence-electron chi connectivity index (χ1n) is 5.67. The summed E-state index contributed by atoms with van der Waals surface area (Å²) in [6, 6.07) is -0.310. The van der Waals surface area contributed by atoms with E-state index in [1.165, 1.54) is 14.2 Å². The summed E-state index contributed by atoms with van der Waals surface area (Å²) in [4.78, 5) is 34.9. The maximum absolute atomic E-state index is 11.7. The molecule has 0 bridgehead atoms. The number of hydrogen-bond acceptors (Lipinski definition) is 5. The highest BCUT2D eigenvalue weighted by Gasteiger charge is 2.30. The molecule has 1 heterocycles. The number of ether oxygens (including phenoxy) is 1. The molecular formula is C11H18N2O4. The number of methoxy groups -OCH3 is 1. The molecule has 96 valence electrons. The number of likely N-dealkylation sites (N-methyl/N-ethyl adjacent to an activating group) is 1. The van der Waals surface area contributed by atoms with E-state index < -0.39 is 0 Å². The van der Waals surface area contributed by atoms with Gasteiger partial charge in [-0.25, -0.2) is 0 Å². The minimum absolute atomic E-state index is 0.136. The normalized spacial score (nSPS) is 20.6. The molecule has 1 unspecified atom stereocenters. The number of carbonyl (C=O) groups excluding carboxylic acids is 3. The van der Waals surface area contributed by atoms with Crippen LogP contribution in [0.1, 0.15) is 25.7 Å². The molecule has 1 aliphatic heterocycles. The molecule has 0 saturated carbocycles. The monoisotopic (exact) mass is 242 g/mol. The summed E-state index contributed by atoms with van der Waals surface area (Å²) in [6.45, 7) is 0.563. The Labute approximate surface area is 100 Å². The van der Waals surface area contributed by atoms with Gasteiger partial charge in [0.05, 0.1) is 13.2 Å². The lowest BCUT2D eigenvalue weighted by molar-refractivity contribution is -0.148. The number of nitrogens with zero attached hydrogens (tertiary/aromatic N) is 1. The van der Waals surface area contributed by atoms with Crippen molar-refractivity contribution in [2.24, 2.45) is 0 Å². The van der Waals surface area contributed by atoms with Crippen molar-refractivity contribution < 1.29 is 19.1 Å². The van der Waals surface area contributed by atoms with Crippen LogP contribution >= 0.6 is 0 Å². The summed E-state index contributed by atoms with van der Waals surface area (Å²) < 4.78 is 4.51. The van der Waals surface area contributed by atoms with E-state index >= 15 is 0 Å². The fourth-order valence-electron chi connectivity index (χ4n) is 1.72. The molecule has 2 amide bonds. The third kappa shape index (κ3) is 3.81. The van der Waals surface area contributed by atoms with Crippen LogP contribution in [0.15, 0.2) is 0 Å². The second kappa shape index (κ2) is 6.34. The van der Waals surface area contributed by atoms with Gasteiger partial charge in [-0.3, -0.25) is 19.3 Å². The third-order valence-corrected chi connectivity index (χ3v) is 2.83. The van der Waals surface area contributed by atoms with E-state index in [0.29, 0.717) is 32.2 Å². The summed E-state index contributed by atoms with van der Waals surface area (Å²) in [5.41, 5.74) is 0. The van der Waals surface area contributed by atoms with E-state index in [4.69, 9.17) is 0 Å². The van der Waals surface area contributed by atoms with Crippen LogP contribution in [0.5, 0.6) is 0 Å². The van der Waals surface area contributed by atoms with Crippen LogP contribution < -0.4 is 5.32 Å². The summed E-state index contributed by atoms with van der Waals surface area (Å²) in [5, 5.41) is 3.05. The van der Waals surface area contributed by atoms with Crippen LogP contribution in [0.3, 0.4) is 0 Å². The van der Waals surface area contributed by atoms with Crippen molar-refractivity contribution in [2.75, 3.05) is 20.7 Å². The molecule has 6 heteroatoms. The highest BCUT2D eigenvalue weighted by atomic mass is 16.5. The minimum Gasteiger partial charge on any atom is -0.469 e. The number of amides is 2. The van der Waals surface area contributed by atoms with E-state index in [9.17, 15) is 14.4 Å². The van der Waals surface area contributed by atoms with Gasteiger partial charge in [-0.15, -0.1) is 0 Å². The Morgan fingerprint density at radius 3 is 2.88 bits per heavy atom. The molecule has 1 aliphatic rings. The average molecular weight is 242 g/mol. The van der Waals surface area contributed by atoms with Crippen molar-refractivity contribution in [2.45, 2.75) is 31.7 Å². The van der Waals surface area contributed by atoms with Gasteiger partial charge < -0.3 is 10.1 Å². The number of imide groups is 1. The Bertz CT molecular complexity index is 317. The number of hydrogen-bond donors (Lipinski definition) is 1. The second-order valence-corrected chi connectivity index (χ2v) is 4.02. The lowest BCUT2D eigenvalue weighted by atomic mass is 10.0. The van der Waals surface area contributed by atoms with Gasteiger partial charge in [0.25, 0.3) is 0 Å². The van der Waals surface area contributed by atoms with Crippen LogP contribution in [0, 0.1) is 0 Å². The minimum atomic E-state index is -0.310. The molecule has 0 aromatic heterocycles. The average Bonchev–Trinajstić information content (AvgIpc) is 2.33. The van der Waals surface area contributed by atoms with Crippen LogP contribution in [0.25, 0.3) is 0 Å². The Kier molecular flexibility index (Phi) is 5.09. The van der Waals surface area contributed by atoms with Crippen LogP contribution in [-0.2, 0) is 19.1 Å². The highest BCUT2D eigenvalue weighted by Crippen LogP contribution is 2.11. The van der Waals surface area contributed by atoms with Crippen molar-refractivity contribution in [3.63, 3.8) is 0 Å². The number of esters is 1. The van der Waals surface area contributed by atoms with E-state index in [1.54, 1.807) is 0 Å². The van der Waals surface area contributed by atoms with Gasteiger partial charge in [-0.1, -0.05) is 0 Å². The molecule has 1 saturated heterocycles. The molecule has 1 N–H and O–H groups in total. The predicted molar refractivity (Wildman–Crippen MR) is 60.1 cm³/mol. The third-order valence-electron chi connectivity index (χ3n) is 2.83. The zero-order chi connectivity index (χ0) is 12.8. The largest absolute Gasteiger partial charge is 0.469 e. The molecule has 1 rings (SSSR count). The number of piperidine rings is 1. The first kappa shape index (κ1) is 13.6. The fraction of sp³-hybridized carbons (Fsp3) is 0.727. The fourth-order valence-corrected chi connectivity index (χ4v) is 1.72. The molecule has 1 atom stereocenters. The lowest BCUT2D eigenvalue weighted by Gasteiger charge is -2.28. The number of carbonyl (C=O) groups is 3. The van der Waals surface area contributed by atoms with Gasteiger partial charge in [-0.05, 0) is 19.4 Å². The van der Waals surface area contributed by atoms with Crippen molar-refractivity contribution in [1.29, 1.82) is 0 Å². The Morgan fingerprint density at radius 1 is 1.53 bits per heavy atom. The Balaban J connectivity index is 2.26. The molecular weight excluding hydrogens is 224 g/mol. The molecule has 6 nitrogen and oxygen atoms in total. The standard InChI is InChI=1S/C11H18N2O4/c1-13-9(14)6-5-8(11(13)16)12-7-3-4-10(15)17-2/h8,12H,3-7H2,1-2H3. The summed E-state index contributed by atoms with van der Waals surface area (Å²) >= 11 is 0. The van der Waals surface area contributed by atoms with E-state index in [0.717, 1.165) is 4.90 Å². The quantitative estimate of drug-likeness (QED) is 0.406. The lowest BCUT2D eigenvalue weighted by Crippen LogP contribution is -2.51. The van der Waals surface area contributed by atoms with Crippen molar-refractivity contribution in [3.8, 4) is 0 Å². The van der Waals surface area contributed by atoms with Gasteiger partial charge in [0.2, 0.25) is 11.8 Å². The van der Waals surface area contributed by atoms with Gasteiger partial charge >= 0.3 is 5.97 Å². The zero-order valence-corrected chi connectivity index (χ0v) is 10.2. The molecule has 0 radical (unpaired) electrons. The summed E-state index contributed by atoms with van der Waals surface area (Å²) in [7, 11) is 2.84. The van der Waals surface area contributed by atoms with Crippen molar-refractivity contribution in [1.82, 2.24) is 10.2 Å². The number of rotatable bonds is 5. The smallest absolute Gasteiger partial charge is 0.305 e. The Morgan fingerprint density at radius 2 is 2.24 bits per heavy atom. The summed E-state index contributed by atoms with van der Waals surface area (Å²) in [5.74, 6) is -0.587. The number of likely N-dealkylation sites (tertiary alicyclic amines) is 1. The SMILES string of the molecule is COC(=O)CCCNC1CCC(=O)N(C)C1=O. The van der Waals surface area contributed by atoms with Gasteiger partial charge in [-0.2, -0.15) is 0 Å². The maximum atomic E-state index is 11.7. The van der Waals surface area contributed by atoms with E-state index in [1.807, 2.05) is 0 Å². The molecule has 1 fully saturated rings. The number of nitrogens with one attached hydrogen (secondary N) is 1. The molecule has 0 aliphatic carbocycles. The van der Waals surface area contributed by atoms with Gasteiger partial charge in [0.1, 0.15) is 0 Å². The molecule has 0 aromatic rings. The van der Waals surface area contributed by atoms with E-state index in [2.05, 4.69) is 10.1 Å². The zero-order valence-electron chi connectivity index (χ0n) is 10.2. The second-order valence-electron chi connectivity index (χ2n) is 4.02. The topological polar surface area (TPSA) is 75.7 Å². The Hall–Kier alpha value is -1.43. The first-order chi connectivity index (χ1) is 8.06. The van der Waals surface area contributed by atoms with Crippen molar-refractivity contribution >= 4 is 17.8 Å². The van der Waals surface area contributed by atoms with Crippen LogP contribution in [-0.4, -0.2) is 49.4 Å². The maximum Gasteiger partial charge on any atom is 0.305 e. The molecule has 17 heavy (non-hydrogen) atoms.